The molecule has 0 unspecified atom stereocenters. The molecule has 0 N–H and O–H groups in total. The van der Waals surface area contributed by atoms with Crippen molar-refractivity contribution >= 4 is 5.97 Å². The van der Waals surface area contributed by atoms with Crippen molar-refractivity contribution in [2.24, 2.45) is 11.3 Å². The predicted molar refractivity (Wildman–Crippen MR) is 92.8 cm³/mol. The standard InChI is InChI=1S/C19H31N3O2/c1-19(2,3)12-13-10-15(11-13)17-18(14-7-8-14)22(21-20-17)9-5-6-16(23)24-4/h13-15H,5-12H2,1-4H3. The lowest BCUT2D eigenvalue weighted by Crippen LogP contribution is -2.27. The minimum Gasteiger partial charge on any atom is -0.469 e. The largest absolute Gasteiger partial charge is 0.469 e. The van der Waals surface area contributed by atoms with Gasteiger partial charge < -0.3 is 4.74 Å². The maximum Gasteiger partial charge on any atom is 0.305 e. The molecule has 0 saturated heterocycles. The van der Waals surface area contributed by atoms with E-state index in [4.69, 9.17) is 4.74 Å². The molecular weight excluding hydrogens is 302 g/mol. The first-order valence-electron chi connectivity index (χ1n) is 9.37. The van der Waals surface area contributed by atoms with Crippen molar-refractivity contribution in [3.8, 4) is 0 Å². The molecule has 1 aromatic rings. The van der Waals surface area contributed by atoms with E-state index >= 15 is 0 Å². The van der Waals surface area contributed by atoms with Crippen LogP contribution in [0, 0.1) is 11.3 Å². The molecule has 24 heavy (non-hydrogen) atoms. The van der Waals surface area contributed by atoms with Gasteiger partial charge in [0.25, 0.3) is 0 Å². The van der Waals surface area contributed by atoms with E-state index in [1.54, 1.807) is 0 Å². The highest BCUT2D eigenvalue weighted by molar-refractivity contribution is 5.68. The average molecular weight is 333 g/mol. The maximum atomic E-state index is 11.3. The van der Waals surface area contributed by atoms with E-state index in [9.17, 15) is 4.79 Å². The van der Waals surface area contributed by atoms with Gasteiger partial charge in [0, 0.05) is 24.8 Å². The molecule has 0 aromatic carbocycles. The smallest absolute Gasteiger partial charge is 0.305 e. The number of carbonyl (C=O) groups excluding carboxylic acids is 1. The van der Waals surface area contributed by atoms with E-state index in [2.05, 4.69) is 35.8 Å². The lowest BCUT2D eigenvalue weighted by Gasteiger charge is -2.38. The minimum absolute atomic E-state index is 0.146. The van der Waals surface area contributed by atoms with Gasteiger partial charge in [0.05, 0.1) is 18.5 Å². The van der Waals surface area contributed by atoms with Gasteiger partial charge in [-0.25, -0.2) is 4.68 Å². The van der Waals surface area contributed by atoms with E-state index in [1.165, 1.54) is 50.6 Å². The number of hydrogen-bond acceptors (Lipinski definition) is 4. The van der Waals surface area contributed by atoms with Crippen LogP contribution in [0.25, 0.3) is 0 Å². The van der Waals surface area contributed by atoms with Crippen molar-refractivity contribution < 1.29 is 9.53 Å². The Bertz CT molecular complexity index is 578. The Morgan fingerprint density at radius 2 is 1.96 bits per heavy atom. The fourth-order valence-electron chi connectivity index (χ4n) is 4.03. The number of rotatable bonds is 7. The summed E-state index contributed by atoms with van der Waals surface area (Å²) < 4.78 is 6.78. The number of esters is 1. The number of aryl methyl sites for hydroxylation is 1. The van der Waals surface area contributed by atoms with Crippen molar-refractivity contribution in [1.29, 1.82) is 0 Å². The lowest BCUT2D eigenvalue weighted by molar-refractivity contribution is -0.140. The van der Waals surface area contributed by atoms with Gasteiger partial charge in [0.15, 0.2) is 0 Å². The maximum absolute atomic E-state index is 11.3. The summed E-state index contributed by atoms with van der Waals surface area (Å²) in [5.74, 6) is 1.94. The van der Waals surface area contributed by atoms with Crippen LogP contribution in [0.15, 0.2) is 0 Å². The first-order chi connectivity index (χ1) is 11.4. The fraction of sp³-hybridized carbons (Fsp3) is 0.842. The summed E-state index contributed by atoms with van der Waals surface area (Å²) in [4.78, 5) is 11.3. The lowest BCUT2D eigenvalue weighted by atomic mass is 9.67. The zero-order valence-electron chi connectivity index (χ0n) is 15.5. The summed E-state index contributed by atoms with van der Waals surface area (Å²) in [6.07, 6.45) is 7.57. The van der Waals surface area contributed by atoms with Crippen molar-refractivity contribution in [3.63, 3.8) is 0 Å². The second-order valence-corrected chi connectivity index (χ2v) is 8.84. The number of aromatic nitrogens is 3. The van der Waals surface area contributed by atoms with Gasteiger partial charge in [0.2, 0.25) is 0 Å². The molecule has 0 spiro atoms. The molecule has 0 amide bonds. The molecule has 5 nitrogen and oxygen atoms in total. The summed E-state index contributed by atoms with van der Waals surface area (Å²) in [5.41, 5.74) is 3.03. The topological polar surface area (TPSA) is 57.0 Å². The molecule has 3 rings (SSSR count). The van der Waals surface area contributed by atoms with Gasteiger partial charge in [-0.2, -0.15) is 0 Å². The Morgan fingerprint density at radius 1 is 1.25 bits per heavy atom. The van der Waals surface area contributed by atoms with Crippen LogP contribution in [0.1, 0.15) is 88.9 Å². The van der Waals surface area contributed by atoms with E-state index in [0.29, 0.717) is 23.7 Å². The molecule has 2 aliphatic rings. The zero-order valence-corrected chi connectivity index (χ0v) is 15.5. The zero-order chi connectivity index (χ0) is 17.3. The first kappa shape index (κ1) is 17.4. The van der Waals surface area contributed by atoms with Gasteiger partial charge in [-0.05, 0) is 49.9 Å². The molecular formula is C19H31N3O2. The SMILES string of the molecule is COC(=O)CCCn1nnc(C2CC(CC(C)(C)C)C2)c1C1CC1. The highest BCUT2D eigenvalue weighted by atomic mass is 16.5. The Hall–Kier alpha value is -1.39. The first-order valence-corrected chi connectivity index (χ1v) is 9.37. The van der Waals surface area contributed by atoms with Gasteiger partial charge in [-0.3, -0.25) is 4.79 Å². The molecule has 1 aromatic heterocycles. The van der Waals surface area contributed by atoms with Crippen molar-refractivity contribution in [3.05, 3.63) is 11.4 Å². The van der Waals surface area contributed by atoms with Crippen LogP contribution < -0.4 is 0 Å². The number of carbonyl (C=O) groups is 1. The highest BCUT2D eigenvalue weighted by Gasteiger charge is 2.39. The molecule has 134 valence electrons. The van der Waals surface area contributed by atoms with Gasteiger partial charge in [-0.15, -0.1) is 5.10 Å². The molecule has 5 heteroatoms. The third kappa shape index (κ3) is 4.17. The second kappa shape index (κ2) is 6.85. The molecule has 2 aliphatic carbocycles. The highest BCUT2D eigenvalue weighted by Crippen LogP contribution is 2.50. The third-order valence-electron chi connectivity index (χ3n) is 5.27. The summed E-state index contributed by atoms with van der Waals surface area (Å²) in [5, 5.41) is 8.96. The molecule has 0 atom stereocenters. The fourth-order valence-corrected chi connectivity index (χ4v) is 4.03. The van der Waals surface area contributed by atoms with E-state index in [0.717, 1.165) is 18.9 Å². The summed E-state index contributed by atoms with van der Waals surface area (Å²) in [6.45, 7) is 7.75. The van der Waals surface area contributed by atoms with E-state index in [-0.39, 0.29) is 5.97 Å². The van der Waals surface area contributed by atoms with E-state index in [1.807, 2.05) is 0 Å². The molecule has 0 aliphatic heterocycles. The Balaban J connectivity index is 1.60. The monoisotopic (exact) mass is 333 g/mol. The normalized spacial score (nSPS) is 23.8. The number of ether oxygens (including phenoxy) is 1. The summed E-state index contributed by atoms with van der Waals surface area (Å²) in [7, 11) is 1.44. The van der Waals surface area contributed by atoms with Crippen molar-refractivity contribution in [1.82, 2.24) is 15.0 Å². The minimum atomic E-state index is -0.146. The van der Waals surface area contributed by atoms with Crippen molar-refractivity contribution in [2.45, 2.75) is 84.1 Å². The van der Waals surface area contributed by atoms with Gasteiger partial charge in [-0.1, -0.05) is 26.0 Å². The van der Waals surface area contributed by atoms with Crippen LogP contribution >= 0.6 is 0 Å². The average Bonchev–Trinajstić information content (AvgIpc) is 3.22. The molecule has 1 heterocycles. The van der Waals surface area contributed by atoms with Crippen LogP contribution in [-0.4, -0.2) is 28.1 Å². The third-order valence-corrected chi connectivity index (χ3v) is 5.27. The number of methoxy groups -OCH3 is 1. The Morgan fingerprint density at radius 3 is 2.54 bits per heavy atom. The number of nitrogens with zero attached hydrogens (tertiary/aromatic N) is 3. The Kier molecular flexibility index (Phi) is 4.97. The van der Waals surface area contributed by atoms with Crippen LogP contribution in [0.3, 0.4) is 0 Å². The predicted octanol–water partition coefficient (Wildman–Crippen LogP) is 4.04. The van der Waals surface area contributed by atoms with Crippen LogP contribution in [0.5, 0.6) is 0 Å². The van der Waals surface area contributed by atoms with Crippen molar-refractivity contribution in [2.75, 3.05) is 7.11 Å². The number of hydrogen-bond donors (Lipinski definition) is 0. The van der Waals surface area contributed by atoms with Crippen LogP contribution in [-0.2, 0) is 16.1 Å². The van der Waals surface area contributed by atoms with Crippen LogP contribution in [0.4, 0.5) is 0 Å². The molecule has 0 radical (unpaired) electrons. The Labute approximate surface area is 145 Å². The van der Waals surface area contributed by atoms with Crippen LogP contribution in [0.2, 0.25) is 0 Å². The summed E-state index contributed by atoms with van der Waals surface area (Å²) >= 11 is 0. The van der Waals surface area contributed by atoms with Gasteiger partial charge >= 0.3 is 5.97 Å². The summed E-state index contributed by atoms with van der Waals surface area (Å²) in [6, 6.07) is 0. The van der Waals surface area contributed by atoms with Gasteiger partial charge in [0.1, 0.15) is 0 Å². The quantitative estimate of drug-likeness (QED) is 0.707. The van der Waals surface area contributed by atoms with E-state index < -0.39 is 0 Å². The molecule has 0 bridgehead atoms. The molecule has 2 fully saturated rings. The second-order valence-electron chi connectivity index (χ2n) is 8.84. The molecule has 2 saturated carbocycles.